The van der Waals surface area contributed by atoms with E-state index in [1.54, 1.807) is 29.2 Å². The maximum absolute atomic E-state index is 13.6. The average molecular weight is 649 g/mol. The molecule has 47 heavy (non-hydrogen) atoms. The summed E-state index contributed by atoms with van der Waals surface area (Å²) < 4.78 is 24.2. The fourth-order valence-corrected chi connectivity index (χ4v) is 5.72. The van der Waals surface area contributed by atoms with Crippen molar-refractivity contribution >= 4 is 17.6 Å². The van der Waals surface area contributed by atoms with Crippen LogP contribution in [0.1, 0.15) is 41.7 Å². The van der Waals surface area contributed by atoms with Gasteiger partial charge in [-0.25, -0.2) is 9.18 Å². The summed E-state index contributed by atoms with van der Waals surface area (Å²) in [4.78, 5) is 28.7. The van der Waals surface area contributed by atoms with Crippen LogP contribution < -0.4 is 9.64 Å². The Hall–Kier alpha value is -4.35. The van der Waals surface area contributed by atoms with Gasteiger partial charge < -0.3 is 39.9 Å². The highest BCUT2D eigenvalue weighted by atomic mass is 19.1. The lowest BCUT2D eigenvalue weighted by molar-refractivity contribution is -0.271. The van der Waals surface area contributed by atoms with Crippen molar-refractivity contribution < 1.29 is 49.0 Å². The zero-order valence-corrected chi connectivity index (χ0v) is 25.8. The molecule has 12 heteroatoms. The second-order valence-corrected chi connectivity index (χ2v) is 11.9. The van der Waals surface area contributed by atoms with Crippen LogP contribution in [0.2, 0.25) is 0 Å². The first-order valence-electron chi connectivity index (χ1n) is 15.1. The molecule has 3 aromatic rings. The molecule has 0 radical (unpaired) electrons. The monoisotopic (exact) mass is 648 g/mol. The van der Waals surface area contributed by atoms with Crippen LogP contribution in [0.25, 0.3) is 0 Å². The largest absolute Gasteiger partial charge is 0.479 e. The summed E-state index contributed by atoms with van der Waals surface area (Å²) in [6.07, 6.45) is -9.00. The number of aliphatic carboxylic acids is 1. The first-order valence-corrected chi connectivity index (χ1v) is 15.1. The molecule has 5 N–H and O–H groups in total. The Bertz CT molecular complexity index is 1610. The quantitative estimate of drug-likeness (QED) is 0.163. The van der Waals surface area contributed by atoms with E-state index in [1.807, 2.05) is 43.3 Å². The average Bonchev–Trinajstić information content (AvgIpc) is 3.05. The van der Waals surface area contributed by atoms with Gasteiger partial charge in [-0.15, -0.1) is 0 Å². The minimum atomic E-state index is -1.84. The van der Waals surface area contributed by atoms with E-state index >= 15 is 0 Å². The lowest BCUT2D eigenvalue weighted by Crippen LogP contribution is -2.61. The van der Waals surface area contributed by atoms with Crippen LogP contribution in [-0.4, -0.2) is 93.7 Å². The van der Waals surface area contributed by atoms with Gasteiger partial charge >= 0.3 is 5.97 Å². The molecule has 8 atom stereocenters. The molecule has 1 amide bonds. The fourth-order valence-electron chi connectivity index (χ4n) is 5.72. The van der Waals surface area contributed by atoms with Crippen LogP contribution in [0, 0.1) is 23.6 Å². The highest BCUT2D eigenvalue weighted by Crippen LogP contribution is 2.46. The molecule has 5 rings (SSSR count). The number of hydrogen-bond acceptors (Lipinski definition) is 9. The fraction of sp³-hybridized carbons (Fsp3) is 0.371. The van der Waals surface area contributed by atoms with Crippen LogP contribution in [0.4, 0.5) is 10.1 Å². The Kier molecular flexibility index (Phi) is 10.6. The summed E-state index contributed by atoms with van der Waals surface area (Å²) in [5.74, 6) is 3.83. The maximum Gasteiger partial charge on any atom is 0.335 e. The number of carbonyl (C=O) groups is 2. The number of ether oxygens (including phenoxy) is 2. The van der Waals surface area contributed by atoms with Gasteiger partial charge in [0.15, 0.2) is 6.10 Å². The third kappa shape index (κ3) is 7.63. The van der Waals surface area contributed by atoms with Gasteiger partial charge in [0.25, 0.3) is 0 Å². The lowest BCUT2D eigenvalue weighted by Gasteiger charge is -2.48. The van der Waals surface area contributed by atoms with E-state index in [1.165, 1.54) is 24.3 Å². The molecule has 2 fully saturated rings. The molecule has 3 aromatic carbocycles. The lowest BCUT2D eigenvalue weighted by atomic mass is 9.78. The summed E-state index contributed by atoms with van der Waals surface area (Å²) in [5.41, 5.74) is 2.77. The second-order valence-electron chi connectivity index (χ2n) is 11.9. The second kappa shape index (κ2) is 14.6. The number of rotatable bonds is 10. The highest BCUT2D eigenvalue weighted by molar-refractivity contribution is 6.03. The van der Waals surface area contributed by atoms with Crippen molar-refractivity contribution in [2.45, 2.75) is 55.7 Å². The summed E-state index contributed by atoms with van der Waals surface area (Å²) in [7, 11) is 3.86. The molecule has 2 heterocycles. The number of carbonyl (C=O) groups excluding carboxylic acids is 1. The van der Waals surface area contributed by atoms with Gasteiger partial charge in [-0.2, -0.15) is 0 Å². The van der Waals surface area contributed by atoms with E-state index in [-0.39, 0.29) is 18.1 Å². The molecule has 2 aliphatic rings. The van der Waals surface area contributed by atoms with E-state index < -0.39 is 60.6 Å². The van der Waals surface area contributed by atoms with E-state index in [2.05, 4.69) is 11.8 Å². The number of carboxylic acid groups (broad SMARTS) is 1. The number of β-lactam (4-membered cyclic amide) rings is 1. The summed E-state index contributed by atoms with van der Waals surface area (Å²) in [6.45, 7) is 0.605. The number of aliphatic hydroxyl groups excluding tert-OH is 4. The maximum atomic E-state index is 13.6. The van der Waals surface area contributed by atoms with Crippen LogP contribution in [0.3, 0.4) is 0 Å². The first-order chi connectivity index (χ1) is 22.4. The van der Waals surface area contributed by atoms with Crippen molar-refractivity contribution in [2.75, 3.05) is 25.5 Å². The van der Waals surface area contributed by atoms with Crippen molar-refractivity contribution in [3.63, 3.8) is 0 Å². The Balaban J connectivity index is 1.35. The predicted octanol–water partition coefficient (Wildman–Crippen LogP) is 2.23. The minimum absolute atomic E-state index is 0.126. The highest BCUT2D eigenvalue weighted by Gasteiger charge is 2.49. The number of carboxylic acids is 1. The summed E-state index contributed by atoms with van der Waals surface area (Å²) in [6, 6.07) is 19.1. The number of benzene rings is 3. The molecular formula is C35H37FN2O9. The molecule has 2 aliphatic heterocycles. The Labute approximate surface area is 271 Å². The molecule has 1 unspecified atom stereocenters. The standard InChI is InChI=1S/C35H37FN2O9/c1-37(2)19-3-4-20-5-13-24(14-6-20)38-28(26(33(38)43)17-18-27(39)21-7-11-23(36)12-8-21)22-9-15-25(16-10-22)46-35-31(42)29(40)30(41)32(47-35)34(44)45/h5-16,26-32,35,39-42H,17-19H2,1-2H3,(H,44,45)/t26-,27+,28?,29+,30+,31-,32+,35-/m1/s1. The van der Waals surface area contributed by atoms with Crippen molar-refractivity contribution in [2.24, 2.45) is 5.92 Å². The molecule has 2 saturated heterocycles. The topological polar surface area (TPSA) is 160 Å². The summed E-state index contributed by atoms with van der Waals surface area (Å²) >= 11 is 0. The van der Waals surface area contributed by atoms with Gasteiger partial charge in [0, 0.05) is 11.3 Å². The zero-order chi connectivity index (χ0) is 33.8. The Morgan fingerprint density at radius 2 is 1.64 bits per heavy atom. The zero-order valence-electron chi connectivity index (χ0n) is 25.8. The van der Waals surface area contributed by atoms with E-state index in [0.29, 0.717) is 24.2 Å². The number of anilines is 1. The third-order valence-electron chi connectivity index (χ3n) is 8.28. The molecular weight excluding hydrogens is 611 g/mol. The normalized spacial score (nSPS) is 26.3. The van der Waals surface area contributed by atoms with E-state index in [0.717, 1.165) is 11.1 Å². The van der Waals surface area contributed by atoms with Gasteiger partial charge in [0.05, 0.1) is 24.6 Å². The van der Waals surface area contributed by atoms with Gasteiger partial charge in [-0.05, 0) is 86.6 Å². The third-order valence-corrected chi connectivity index (χ3v) is 8.28. The van der Waals surface area contributed by atoms with Crippen LogP contribution in [0.5, 0.6) is 5.75 Å². The number of amides is 1. The van der Waals surface area contributed by atoms with E-state index in [4.69, 9.17) is 9.47 Å². The predicted molar refractivity (Wildman–Crippen MR) is 168 cm³/mol. The van der Waals surface area contributed by atoms with Gasteiger partial charge in [-0.3, -0.25) is 9.69 Å². The molecule has 11 nitrogen and oxygen atoms in total. The Morgan fingerprint density at radius 3 is 2.26 bits per heavy atom. The molecule has 0 aromatic heterocycles. The van der Waals surface area contributed by atoms with E-state index in [9.17, 15) is 39.5 Å². The first kappa shape index (κ1) is 34.0. The van der Waals surface area contributed by atoms with Crippen molar-refractivity contribution in [3.05, 3.63) is 95.3 Å². The molecule has 0 bridgehead atoms. The van der Waals surface area contributed by atoms with Gasteiger partial charge in [0.2, 0.25) is 12.2 Å². The van der Waals surface area contributed by atoms with Crippen LogP contribution in [-0.2, 0) is 14.3 Å². The number of aliphatic hydroxyl groups is 4. The minimum Gasteiger partial charge on any atom is -0.479 e. The van der Waals surface area contributed by atoms with Crippen molar-refractivity contribution in [3.8, 4) is 17.6 Å². The molecule has 0 saturated carbocycles. The number of hydrogen-bond donors (Lipinski definition) is 5. The van der Waals surface area contributed by atoms with Crippen molar-refractivity contribution in [1.29, 1.82) is 0 Å². The Morgan fingerprint density at radius 1 is 0.979 bits per heavy atom. The SMILES string of the molecule is CN(C)CC#Cc1ccc(N2C(=O)[C@H](CC[C@H](O)c3ccc(F)cc3)C2c2ccc(O[C@@H]3O[C@H](C(=O)O)[C@@H](O)[C@H](O)[C@H]3O)cc2)cc1. The van der Waals surface area contributed by atoms with Gasteiger partial charge in [-0.1, -0.05) is 36.1 Å². The molecule has 0 aliphatic carbocycles. The smallest absolute Gasteiger partial charge is 0.335 e. The van der Waals surface area contributed by atoms with Crippen LogP contribution in [0.15, 0.2) is 72.8 Å². The number of nitrogens with zero attached hydrogens (tertiary/aromatic N) is 2. The van der Waals surface area contributed by atoms with Crippen LogP contribution >= 0.6 is 0 Å². The summed E-state index contributed by atoms with van der Waals surface area (Å²) in [5, 5.41) is 50.5. The number of halogens is 1. The molecule has 0 spiro atoms. The van der Waals surface area contributed by atoms with Crippen molar-refractivity contribution in [1.82, 2.24) is 4.90 Å². The van der Waals surface area contributed by atoms with Gasteiger partial charge in [0.1, 0.15) is 29.9 Å². The molecule has 248 valence electrons.